The first-order valence-electron chi connectivity index (χ1n) is 5.91. The highest BCUT2D eigenvalue weighted by Gasteiger charge is 2.31. The monoisotopic (exact) mass is 261 g/mol. The molecule has 98 valence electrons. The van der Waals surface area contributed by atoms with Crippen LogP contribution >= 0.6 is 0 Å². The van der Waals surface area contributed by atoms with Crippen LogP contribution in [0, 0.1) is 21.4 Å². The lowest BCUT2D eigenvalue weighted by atomic mass is 10.1. The van der Waals surface area contributed by atoms with Crippen molar-refractivity contribution in [3.63, 3.8) is 0 Å². The Hall–Kier alpha value is -2.33. The molecule has 0 aromatic heterocycles. The molecule has 1 atom stereocenters. The van der Waals surface area contributed by atoms with Gasteiger partial charge in [-0.2, -0.15) is 5.26 Å². The summed E-state index contributed by atoms with van der Waals surface area (Å²) in [7, 11) is 0. The Bertz CT molecular complexity index is 581. The third-order valence-corrected chi connectivity index (χ3v) is 3.32. The normalized spacial score (nSPS) is 20.8. The molecule has 0 N–H and O–H groups in total. The largest absolute Gasteiger partial charge is 0.487 e. The Morgan fingerprint density at radius 3 is 3.11 bits per heavy atom. The van der Waals surface area contributed by atoms with E-state index in [1.54, 1.807) is 6.07 Å². The molecule has 0 aliphatic carbocycles. The SMILES string of the molecule is N#Cc1c([N+](=O)[O-])ccc2c1OC[C@@H]1CN2CCO1. The number of hydrogen-bond acceptors (Lipinski definition) is 6. The topological polar surface area (TPSA) is 88.6 Å². The van der Waals surface area contributed by atoms with Crippen LogP contribution in [0.25, 0.3) is 0 Å². The van der Waals surface area contributed by atoms with Gasteiger partial charge in [0.25, 0.3) is 5.69 Å². The van der Waals surface area contributed by atoms with Crippen molar-refractivity contribution in [3.8, 4) is 11.8 Å². The number of ether oxygens (including phenoxy) is 2. The van der Waals surface area contributed by atoms with Gasteiger partial charge < -0.3 is 14.4 Å². The van der Waals surface area contributed by atoms with Crippen molar-refractivity contribution in [2.75, 3.05) is 31.2 Å². The molecule has 0 amide bonds. The van der Waals surface area contributed by atoms with E-state index in [-0.39, 0.29) is 17.4 Å². The van der Waals surface area contributed by atoms with E-state index in [1.165, 1.54) is 6.07 Å². The van der Waals surface area contributed by atoms with Crippen LogP contribution in [0.2, 0.25) is 0 Å². The molecule has 0 radical (unpaired) electrons. The lowest BCUT2D eigenvalue weighted by molar-refractivity contribution is -0.385. The average molecular weight is 261 g/mol. The molecule has 19 heavy (non-hydrogen) atoms. The fourth-order valence-corrected chi connectivity index (χ4v) is 2.43. The Balaban J connectivity index is 2.15. The lowest BCUT2D eigenvalue weighted by Crippen LogP contribution is -2.43. The second kappa shape index (κ2) is 4.40. The number of anilines is 1. The van der Waals surface area contributed by atoms with Crippen LogP contribution in [0.15, 0.2) is 12.1 Å². The second-order valence-electron chi connectivity index (χ2n) is 4.43. The van der Waals surface area contributed by atoms with E-state index in [1.807, 2.05) is 11.0 Å². The molecule has 1 aromatic carbocycles. The first-order chi connectivity index (χ1) is 9.20. The number of morpholine rings is 1. The Morgan fingerprint density at radius 2 is 2.37 bits per heavy atom. The molecule has 1 fully saturated rings. The average Bonchev–Trinajstić information content (AvgIpc) is 2.55. The molecule has 2 aliphatic rings. The molecule has 2 aliphatic heterocycles. The molecule has 1 saturated heterocycles. The summed E-state index contributed by atoms with van der Waals surface area (Å²) in [4.78, 5) is 12.4. The third-order valence-electron chi connectivity index (χ3n) is 3.32. The smallest absolute Gasteiger partial charge is 0.291 e. The van der Waals surface area contributed by atoms with Gasteiger partial charge in [-0.1, -0.05) is 0 Å². The number of nitro benzene ring substituents is 1. The summed E-state index contributed by atoms with van der Waals surface area (Å²) in [5.74, 6) is 0.296. The van der Waals surface area contributed by atoms with E-state index in [2.05, 4.69) is 0 Å². The predicted molar refractivity (Wildman–Crippen MR) is 65.3 cm³/mol. The van der Waals surface area contributed by atoms with Gasteiger partial charge in [0, 0.05) is 19.2 Å². The highest BCUT2D eigenvalue weighted by molar-refractivity contribution is 5.71. The molecule has 1 aromatic rings. The summed E-state index contributed by atoms with van der Waals surface area (Å²) < 4.78 is 11.1. The zero-order valence-electron chi connectivity index (χ0n) is 10.0. The molecule has 0 spiro atoms. The number of nitrogens with zero attached hydrogens (tertiary/aromatic N) is 3. The molecule has 3 rings (SSSR count). The maximum absolute atomic E-state index is 10.9. The highest BCUT2D eigenvalue weighted by Crippen LogP contribution is 2.39. The molecule has 2 bridgehead atoms. The minimum absolute atomic E-state index is 0.0185. The molecule has 0 saturated carbocycles. The van der Waals surface area contributed by atoms with Crippen molar-refractivity contribution in [1.82, 2.24) is 0 Å². The number of fused-ring (bicyclic) bond motifs is 4. The van der Waals surface area contributed by atoms with Crippen LogP contribution in [0.3, 0.4) is 0 Å². The molecule has 2 heterocycles. The van der Waals surface area contributed by atoms with Crippen LogP contribution in [-0.2, 0) is 4.74 Å². The van der Waals surface area contributed by atoms with Crippen molar-refractivity contribution < 1.29 is 14.4 Å². The van der Waals surface area contributed by atoms with Gasteiger partial charge in [-0.3, -0.25) is 10.1 Å². The zero-order valence-corrected chi connectivity index (χ0v) is 10.0. The van der Waals surface area contributed by atoms with Gasteiger partial charge in [0.15, 0.2) is 11.3 Å². The maximum Gasteiger partial charge on any atom is 0.291 e. The number of benzene rings is 1. The standard InChI is InChI=1S/C12H11N3O4/c13-5-9-10(15(16)17)1-2-11-12(9)19-7-8-6-14(11)3-4-18-8/h1-2,8H,3-4,6-7H2/t8-/m0/s1. The maximum atomic E-state index is 10.9. The quantitative estimate of drug-likeness (QED) is 0.555. The van der Waals surface area contributed by atoms with Crippen molar-refractivity contribution in [1.29, 1.82) is 5.26 Å². The summed E-state index contributed by atoms with van der Waals surface area (Å²) >= 11 is 0. The van der Waals surface area contributed by atoms with Gasteiger partial charge in [-0.15, -0.1) is 0 Å². The number of nitriles is 1. The first kappa shape index (κ1) is 11.7. The molecular weight excluding hydrogens is 250 g/mol. The summed E-state index contributed by atoms with van der Waals surface area (Å²) in [6.07, 6.45) is -0.0632. The van der Waals surface area contributed by atoms with E-state index in [0.717, 1.165) is 5.69 Å². The van der Waals surface area contributed by atoms with Crippen molar-refractivity contribution in [2.24, 2.45) is 0 Å². The minimum Gasteiger partial charge on any atom is -0.487 e. The van der Waals surface area contributed by atoms with Gasteiger partial charge in [-0.05, 0) is 6.07 Å². The van der Waals surface area contributed by atoms with Crippen LogP contribution in [0.4, 0.5) is 11.4 Å². The van der Waals surface area contributed by atoms with Gasteiger partial charge in [0.05, 0.1) is 17.2 Å². The van der Waals surface area contributed by atoms with Crippen molar-refractivity contribution in [2.45, 2.75) is 6.10 Å². The first-order valence-corrected chi connectivity index (χ1v) is 5.91. The summed E-state index contributed by atoms with van der Waals surface area (Å²) in [5, 5.41) is 20.1. The Kier molecular flexibility index (Phi) is 2.72. The van der Waals surface area contributed by atoms with Crippen LogP contribution in [0.1, 0.15) is 5.56 Å². The fraction of sp³-hybridized carbons (Fsp3) is 0.417. The van der Waals surface area contributed by atoms with Gasteiger partial charge >= 0.3 is 0 Å². The van der Waals surface area contributed by atoms with Crippen LogP contribution in [0.5, 0.6) is 5.75 Å². The van der Waals surface area contributed by atoms with Crippen molar-refractivity contribution >= 4 is 11.4 Å². The van der Waals surface area contributed by atoms with Crippen LogP contribution < -0.4 is 9.64 Å². The minimum atomic E-state index is -0.564. The summed E-state index contributed by atoms with van der Waals surface area (Å²) in [5.41, 5.74) is 0.489. The van der Waals surface area contributed by atoms with E-state index >= 15 is 0 Å². The van der Waals surface area contributed by atoms with Gasteiger partial charge in [-0.25, -0.2) is 0 Å². The number of nitro groups is 1. The Labute approximate surface area is 109 Å². The molecular formula is C12H11N3O4. The van der Waals surface area contributed by atoms with Crippen molar-refractivity contribution in [3.05, 3.63) is 27.8 Å². The van der Waals surface area contributed by atoms with Crippen LogP contribution in [-0.4, -0.2) is 37.3 Å². The third kappa shape index (κ3) is 1.86. The van der Waals surface area contributed by atoms with E-state index in [0.29, 0.717) is 32.1 Å². The zero-order chi connectivity index (χ0) is 13.4. The molecule has 7 nitrogen and oxygen atoms in total. The van der Waals surface area contributed by atoms with E-state index < -0.39 is 4.92 Å². The second-order valence-corrected chi connectivity index (χ2v) is 4.43. The van der Waals surface area contributed by atoms with Gasteiger partial charge in [0.2, 0.25) is 0 Å². The lowest BCUT2D eigenvalue weighted by Gasteiger charge is -2.31. The van der Waals surface area contributed by atoms with E-state index in [4.69, 9.17) is 9.47 Å². The number of hydrogen-bond donors (Lipinski definition) is 0. The summed E-state index contributed by atoms with van der Waals surface area (Å²) in [6.45, 7) is 2.26. The predicted octanol–water partition coefficient (Wildman–Crippen LogP) is 1.06. The molecule has 7 heteroatoms. The highest BCUT2D eigenvalue weighted by atomic mass is 16.6. The van der Waals surface area contributed by atoms with E-state index in [9.17, 15) is 15.4 Å². The summed E-state index contributed by atoms with van der Waals surface area (Å²) in [6, 6.07) is 4.88. The molecule has 0 unspecified atom stereocenters. The fourth-order valence-electron chi connectivity index (χ4n) is 2.43. The number of rotatable bonds is 1. The Morgan fingerprint density at radius 1 is 1.53 bits per heavy atom. The van der Waals surface area contributed by atoms with Gasteiger partial charge in [0.1, 0.15) is 18.8 Å².